The van der Waals surface area contributed by atoms with E-state index in [1.54, 1.807) is 19.1 Å². The summed E-state index contributed by atoms with van der Waals surface area (Å²) in [5.74, 6) is -1.49. The zero-order valence-electron chi connectivity index (χ0n) is 11.1. The van der Waals surface area contributed by atoms with E-state index in [4.69, 9.17) is 0 Å². The van der Waals surface area contributed by atoms with Gasteiger partial charge in [-0.2, -0.15) is 0 Å². The normalized spacial score (nSPS) is 11.9. The van der Waals surface area contributed by atoms with E-state index in [0.29, 0.717) is 5.56 Å². The lowest BCUT2D eigenvalue weighted by Gasteiger charge is -2.13. The largest absolute Gasteiger partial charge is 0.872 e. The van der Waals surface area contributed by atoms with E-state index in [1.807, 2.05) is 0 Å². The minimum Gasteiger partial charge on any atom is -0.872 e. The van der Waals surface area contributed by atoms with Gasteiger partial charge in [0.15, 0.2) is 0 Å². The minimum atomic E-state index is -0.972. The first kappa shape index (κ1) is 14.4. The molecule has 6 heteroatoms. The number of nitrogens with zero attached hydrogens (tertiary/aromatic N) is 1. The van der Waals surface area contributed by atoms with Crippen LogP contribution in [0.1, 0.15) is 11.1 Å². The summed E-state index contributed by atoms with van der Waals surface area (Å²) in [6.07, 6.45) is 0. The first-order valence-corrected chi connectivity index (χ1v) is 6.06. The van der Waals surface area contributed by atoms with Gasteiger partial charge in [0, 0.05) is 11.6 Å². The predicted octanol–water partition coefficient (Wildman–Crippen LogP) is 0.602. The van der Waals surface area contributed by atoms with Crippen LogP contribution in [0.3, 0.4) is 0 Å². The standard InChI is InChI=1S/C15H13NO5/c1-9-6-7-10(8-13(9)16(20)21)14(17)11-4-2-3-5-12(11)15(18)19/h2-8,17-19H,1H3/p-1. The van der Waals surface area contributed by atoms with Crippen LogP contribution >= 0.6 is 0 Å². The Morgan fingerprint density at radius 3 is 2.29 bits per heavy atom. The lowest BCUT2D eigenvalue weighted by atomic mass is 10.1. The monoisotopic (exact) mass is 286 g/mol. The lowest BCUT2D eigenvalue weighted by Crippen LogP contribution is -2.33. The SMILES string of the molecule is Cc1ccc(C([O-])=c2ccccc2=C(O)O)cc1[N+](=O)[O-]. The quantitative estimate of drug-likeness (QED) is 0.621. The third-order valence-electron chi connectivity index (χ3n) is 3.08. The molecule has 0 saturated heterocycles. The highest BCUT2D eigenvalue weighted by atomic mass is 16.6. The van der Waals surface area contributed by atoms with Gasteiger partial charge in [0.25, 0.3) is 11.6 Å². The Kier molecular flexibility index (Phi) is 3.80. The van der Waals surface area contributed by atoms with E-state index in [2.05, 4.69) is 0 Å². The van der Waals surface area contributed by atoms with Crippen molar-refractivity contribution in [3.8, 4) is 0 Å². The molecule has 0 fully saturated rings. The second kappa shape index (κ2) is 5.54. The number of aryl methyl sites for hydroxylation is 1. The number of nitro groups is 1. The molecule has 0 saturated carbocycles. The Morgan fingerprint density at radius 1 is 1.10 bits per heavy atom. The second-order valence-electron chi connectivity index (χ2n) is 4.46. The average molecular weight is 286 g/mol. The highest BCUT2D eigenvalue weighted by Crippen LogP contribution is 2.20. The molecule has 0 spiro atoms. The summed E-state index contributed by atoms with van der Waals surface area (Å²) in [6.45, 7) is 1.58. The maximum absolute atomic E-state index is 12.4. The first-order chi connectivity index (χ1) is 9.91. The summed E-state index contributed by atoms with van der Waals surface area (Å²) in [4.78, 5) is 10.4. The van der Waals surface area contributed by atoms with Gasteiger partial charge in [-0.15, -0.1) is 0 Å². The molecule has 21 heavy (non-hydrogen) atoms. The first-order valence-electron chi connectivity index (χ1n) is 6.06. The highest BCUT2D eigenvalue weighted by molar-refractivity contribution is 5.61. The van der Waals surface area contributed by atoms with Crippen molar-refractivity contribution in [3.05, 3.63) is 74.1 Å². The van der Waals surface area contributed by atoms with Gasteiger partial charge in [-0.1, -0.05) is 36.1 Å². The van der Waals surface area contributed by atoms with Gasteiger partial charge in [-0.05, 0) is 23.8 Å². The molecule has 0 aliphatic heterocycles. The number of nitro benzene ring substituents is 1. The molecule has 6 nitrogen and oxygen atoms in total. The molecule has 0 aliphatic carbocycles. The van der Waals surface area contributed by atoms with E-state index >= 15 is 0 Å². The summed E-state index contributed by atoms with van der Waals surface area (Å²) in [5, 5.41) is 41.8. The smallest absolute Gasteiger partial charge is 0.282 e. The molecule has 0 heterocycles. The molecule has 0 amide bonds. The van der Waals surface area contributed by atoms with Crippen molar-refractivity contribution in [2.45, 2.75) is 6.92 Å². The lowest BCUT2D eigenvalue weighted by molar-refractivity contribution is -0.385. The van der Waals surface area contributed by atoms with Crippen LogP contribution in [0.15, 0.2) is 42.5 Å². The van der Waals surface area contributed by atoms with Gasteiger partial charge in [0.05, 0.1) is 10.1 Å². The van der Waals surface area contributed by atoms with Crippen molar-refractivity contribution in [2.24, 2.45) is 0 Å². The summed E-state index contributed by atoms with van der Waals surface area (Å²) < 4.78 is 0. The van der Waals surface area contributed by atoms with Crippen molar-refractivity contribution < 1.29 is 20.2 Å². The molecule has 0 atom stereocenters. The number of hydrogen-bond acceptors (Lipinski definition) is 5. The zero-order chi connectivity index (χ0) is 15.6. The van der Waals surface area contributed by atoms with E-state index in [0.717, 1.165) is 0 Å². The minimum absolute atomic E-state index is 0.0225. The number of aliphatic hydroxyl groups is 2. The number of hydrogen-bond donors (Lipinski definition) is 2. The summed E-state index contributed by atoms with van der Waals surface area (Å²) in [5.41, 5.74) is 0.401. The van der Waals surface area contributed by atoms with Crippen LogP contribution in [0.4, 0.5) is 5.69 Å². The molecule has 0 radical (unpaired) electrons. The topological polar surface area (TPSA) is 107 Å². The molecule has 108 valence electrons. The fourth-order valence-corrected chi connectivity index (χ4v) is 1.98. The van der Waals surface area contributed by atoms with Crippen LogP contribution in [0.5, 0.6) is 0 Å². The number of benzene rings is 2. The van der Waals surface area contributed by atoms with Crippen molar-refractivity contribution in [2.75, 3.05) is 0 Å². The Morgan fingerprint density at radius 2 is 1.71 bits per heavy atom. The van der Waals surface area contributed by atoms with Crippen molar-refractivity contribution >= 4 is 17.4 Å². The van der Waals surface area contributed by atoms with E-state index in [1.165, 1.54) is 30.3 Å². The molecule has 0 aromatic heterocycles. The number of rotatable bonds is 2. The van der Waals surface area contributed by atoms with Crippen LogP contribution in [0.2, 0.25) is 0 Å². The Hall–Kier alpha value is -3.02. The Labute approximate surface area is 119 Å². The van der Waals surface area contributed by atoms with Crippen LogP contribution in [-0.4, -0.2) is 15.1 Å². The van der Waals surface area contributed by atoms with Gasteiger partial charge in [0.2, 0.25) is 0 Å². The Bertz CT molecular complexity index is 822. The van der Waals surface area contributed by atoms with Crippen LogP contribution < -0.4 is 15.5 Å². The van der Waals surface area contributed by atoms with Gasteiger partial charge < -0.3 is 15.3 Å². The Balaban J connectivity index is 2.80. The predicted molar refractivity (Wildman–Crippen MR) is 74.7 cm³/mol. The molecule has 2 aromatic rings. The van der Waals surface area contributed by atoms with Crippen LogP contribution in [-0.2, 0) is 0 Å². The second-order valence-corrected chi connectivity index (χ2v) is 4.46. The molecule has 0 bridgehead atoms. The molecular weight excluding hydrogens is 274 g/mol. The molecule has 2 N–H and O–H groups in total. The van der Waals surface area contributed by atoms with E-state index in [9.17, 15) is 25.4 Å². The molecule has 0 unspecified atom stereocenters. The average Bonchev–Trinajstić information content (AvgIpc) is 2.46. The fraction of sp³-hybridized carbons (Fsp3) is 0.0667. The van der Waals surface area contributed by atoms with Gasteiger partial charge >= 0.3 is 0 Å². The summed E-state index contributed by atoms with van der Waals surface area (Å²) in [6, 6.07) is 10.1. The highest BCUT2D eigenvalue weighted by Gasteiger charge is 2.10. The summed E-state index contributed by atoms with van der Waals surface area (Å²) >= 11 is 0. The molecule has 2 rings (SSSR count). The third kappa shape index (κ3) is 2.79. The van der Waals surface area contributed by atoms with E-state index in [-0.39, 0.29) is 21.7 Å². The van der Waals surface area contributed by atoms with Gasteiger partial charge in [-0.25, -0.2) is 0 Å². The molecule has 0 aliphatic rings. The number of aliphatic hydroxyl groups excluding tert-OH is 1. The molecule has 2 aromatic carbocycles. The van der Waals surface area contributed by atoms with Crippen molar-refractivity contribution in [3.63, 3.8) is 0 Å². The van der Waals surface area contributed by atoms with Gasteiger partial charge in [-0.3, -0.25) is 10.1 Å². The maximum atomic E-state index is 12.4. The van der Waals surface area contributed by atoms with Crippen molar-refractivity contribution in [1.82, 2.24) is 0 Å². The van der Waals surface area contributed by atoms with Crippen LogP contribution in [0, 0.1) is 17.0 Å². The van der Waals surface area contributed by atoms with Crippen LogP contribution in [0.25, 0.3) is 11.7 Å². The summed E-state index contributed by atoms with van der Waals surface area (Å²) in [7, 11) is 0. The third-order valence-corrected chi connectivity index (χ3v) is 3.08. The fourth-order valence-electron chi connectivity index (χ4n) is 1.98. The molecular formula is C15H12NO5-. The zero-order valence-corrected chi connectivity index (χ0v) is 11.1. The van der Waals surface area contributed by atoms with E-state index < -0.39 is 16.6 Å². The van der Waals surface area contributed by atoms with Gasteiger partial charge in [0.1, 0.15) is 0 Å². The maximum Gasteiger partial charge on any atom is 0.282 e. The van der Waals surface area contributed by atoms with Crippen molar-refractivity contribution in [1.29, 1.82) is 0 Å².